The second-order valence-corrected chi connectivity index (χ2v) is 6.44. The minimum atomic E-state index is -0.653. The third-order valence-electron chi connectivity index (χ3n) is 4.54. The molecule has 0 radical (unpaired) electrons. The first kappa shape index (κ1) is 20.4. The molecule has 1 aromatic heterocycles. The predicted octanol–water partition coefficient (Wildman–Crippen LogP) is 2.25. The van der Waals surface area contributed by atoms with Gasteiger partial charge in [-0.05, 0) is 30.2 Å². The van der Waals surface area contributed by atoms with Gasteiger partial charge in [-0.3, -0.25) is 14.2 Å². The second-order valence-electron chi connectivity index (χ2n) is 6.44. The lowest BCUT2D eigenvalue weighted by atomic mass is 10.1. The number of phenols is 1. The largest absolute Gasteiger partial charge is 0.507 e. The Bertz CT molecular complexity index is 1220. The molecule has 0 aliphatic carbocycles. The summed E-state index contributed by atoms with van der Waals surface area (Å²) in [6, 6.07) is 16.8. The van der Waals surface area contributed by atoms with Crippen molar-refractivity contribution in [3.05, 3.63) is 92.8 Å². The number of aromatic hydroxyl groups is 2. The van der Waals surface area contributed by atoms with Crippen LogP contribution in [-0.4, -0.2) is 26.9 Å². The number of rotatable bonds is 5. The molecule has 8 heteroatoms. The van der Waals surface area contributed by atoms with E-state index in [-0.39, 0.29) is 40.4 Å². The number of hydrazone groups is 1. The Morgan fingerprint density at radius 1 is 1.17 bits per heavy atom. The highest BCUT2D eigenvalue weighted by Gasteiger charge is 2.18. The number of benzene rings is 2. The highest BCUT2D eigenvalue weighted by Crippen LogP contribution is 2.21. The molecule has 0 saturated carbocycles. The van der Waals surface area contributed by atoms with Crippen molar-refractivity contribution in [3.8, 4) is 17.7 Å². The van der Waals surface area contributed by atoms with Gasteiger partial charge in [-0.25, -0.2) is 5.43 Å². The molecule has 0 spiro atoms. The fraction of sp³-hybridized carbons (Fsp3) is 0.0909. The lowest BCUT2D eigenvalue weighted by molar-refractivity contribution is 0.0952. The first-order valence-electron chi connectivity index (χ1n) is 8.95. The molecule has 1 amide bonds. The van der Waals surface area contributed by atoms with Crippen molar-refractivity contribution in [3.63, 3.8) is 0 Å². The van der Waals surface area contributed by atoms with Crippen LogP contribution in [0.5, 0.6) is 11.6 Å². The highest BCUT2D eigenvalue weighted by molar-refractivity contribution is 5.97. The van der Waals surface area contributed by atoms with Crippen LogP contribution in [0, 0.1) is 18.3 Å². The second kappa shape index (κ2) is 8.75. The summed E-state index contributed by atoms with van der Waals surface area (Å²) < 4.78 is 1.08. The fourth-order valence-corrected chi connectivity index (χ4v) is 2.92. The van der Waals surface area contributed by atoms with E-state index in [2.05, 4.69) is 10.5 Å². The van der Waals surface area contributed by atoms with Crippen molar-refractivity contribution in [2.24, 2.45) is 5.10 Å². The van der Waals surface area contributed by atoms with Gasteiger partial charge in [0, 0.05) is 0 Å². The molecule has 0 atom stereocenters. The number of aromatic nitrogens is 1. The van der Waals surface area contributed by atoms with Gasteiger partial charge >= 0.3 is 0 Å². The monoisotopic (exact) mass is 402 g/mol. The quantitative estimate of drug-likeness (QED) is 0.445. The molecule has 30 heavy (non-hydrogen) atoms. The lowest BCUT2D eigenvalue weighted by Gasteiger charge is -2.14. The Morgan fingerprint density at radius 3 is 2.50 bits per heavy atom. The zero-order chi connectivity index (χ0) is 21.7. The van der Waals surface area contributed by atoms with E-state index >= 15 is 0 Å². The van der Waals surface area contributed by atoms with Crippen LogP contribution in [0.1, 0.15) is 32.6 Å². The van der Waals surface area contributed by atoms with E-state index in [1.807, 2.05) is 12.1 Å². The highest BCUT2D eigenvalue weighted by atomic mass is 16.3. The van der Waals surface area contributed by atoms with E-state index in [0.717, 1.165) is 16.3 Å². The summed E-state index contributed by atoms with van der Waals surface area (Å²) >= 11 is 0. The summed E-state index contributed by atoms with van der Waals surface area (Å²) in [5.74, 6) is -1.23. The van der Waals surface area contributed by atoms with E-state index in [1.54, 1.807) is 36.4 Å². The van der Waals surface area contributed by atoms with Crippen LogP contribution in [0.2, 0.25) is 0 Å². The molecule has 0 saturated heterocycles. The van der Waals surface area contributed by atoms with Crippen molar-refractivity contribution in [1.29, 1.82) is 5.26 Å². The van der Waals surface area contributed by atoms with Crippen LogP contribution in [0.25, 0.3) is 0 Å². The fourth-order valence-electron chi connectivity index (χ4n) is 2.92. The normalized spacial score (nSPS) is 10.7. The Balaban J connectivity index is 1.96. The third-order valence-corrected chi connectivity index (χ3v) is 4.54. The molecule has 0 unspecified atom stereocenters. The van der Waals surface area contributed by atoms with Crippen molar-refractivity contribution < 1.29 is 15.0 Å². The first-order chi connectivity index (χ1) is 14.4. The average Bonchev–Trinajstić information content (AvgIpc) is 2.75. The molecule has 0 fully saturated rings. The summed E-state index contributed by atoms with van der Waals surface area (Å²) in [6.07, 6.45) is 1.16. The summed E-state index contributed by atoms with van der Waals surface area (Å²) in [5.41, 5.74) is 2.66. The average molecular weight is 402 g/mol. The number of amides is 1. The molecule has 2 aromatic carbocycles. The van der Waals surface area contributed by atoms with Gasteiger partial charge < -0.3 is 10.2 Å². The molecule has 0 aliphatic heterocycles. The van der Waals surface area contributed by atoms with Crippen LogP contribution in [-0.2, 0) is 6.54 Å². The smallest absolute Gasteiger partial charge is 0.275 e. The zero-order valence-electron chi connectivity index (χ0n) is 16.0. The molecular formula is C22H18N4O4. The SMILES string of the molecule is Cc1c(C=NNC(=O)c2ccccc2O)c(O)n(Cc2ccccc2)c(=O)c1C#N. The standard InChI is InChI=1S/C22H18N4O4/c1-14-17(11-23)21(29)26(13-15-7-3-2-4-8-15)22(30)18(14)12-24-25-20(28)16-9-5-6-10-19(16)27/h2-10,12,27,30H,13H2,1H3,(H,25,28). The van der Waals surface area contributed by atoms with Crippen LogP contribution in [0.3, 0.4) is 0 Å². The topological polar surface area (TPSA) is 128 Å². The van der Waals surface area contributed by atoms with Crippen LogP contribution >= 0.6 is 0 Å². The molecule has 150 valence electrons. The molecule has 0 bridgehead atoms. The lowest BCUT2D eigenvalue weighted by Crippen LogP contribution is -2.26. The van der Waals surface area contributed by atoms with Gasteiger partial charge in [-0.15, -0.1) is 0 Å². The minimum absolute atomic E-state index is 0.0300. The van der Waals surface area contributed by atoms with Gasteiger partial charge in [0.1, 0.15) is 17.4 Å². The van der Waals surface area contributed by atoms with Gasteiger partial charge in [0.05, 0.1) is 23.9 Å². The van der Waals surface area contributed by atoms with E-state index < -0.39 is 11.5 Å². The van der Waals surface area contributed by atoms with Crippen LogP contribution in [0.15, 0.2) is 64.5 Å². The van der Waals surface area contributed by atoms with Gasteiger partial charge in [-0.2, -0.15) is 10.4 Å². The summed E-state index contributed by atoms with van der Waals surface area (Å²) in [5, 5.41) is 33.6. The van der Waals surface area contributed by atoms with E-state index in [9.17, 15) is 25.1 Å². The van der Waals surface area contributed by atoms with E-state index in [4.69, 9.17) is 0 Å². The summed E-state index contributed by atoms with van der Waals surface area (Å²) in [6.45, 7) is 1.57. The first-order valence-corrected chi connectivity index (χ1v) is 8.95. The third kappa shape index (κ3) is 4.05. The maximum absolute atomic E-state index is 12.6. The van der Waals surface area contributed by atoms with E-state index in [1.165, 1.54) is 19.1 Å². The van der Waals surface area contributed by atoms with Crippen LogP contribution in [0.4, 0.5) is 0 Å². The number of carbonyl (C=O) groups excluding carboxylic acids is 1. The van der Waals surface area contributed by atoms with Gasteiger partial charge in [0.15, 0.2) is 0 Å². The van der Waals surface area contributed by atoms with Crippen molar-refractivity contribution >= 4 is 12.1 Å². The van der Waals surface area contributed by atoms with E-state index in [0.29, 0.717) is 0 Å². The van der Waals surface area contributed by atoms with Crippen LogP contribution < -0.4 is 11.0 Å². The molecule has 0 aliphatic rings. The predicted molar refractivity (Wildman–Crippen MR) is 111 cm³/mol. The molecular weight excluding hydrogens is 384 g/mol. The molecule has 3 rings (SSSR count). The Hall–Kier alpha value is -4.38. The molecule has 3 N–H and O–H groups in total. The Kier molecular flexibility index (Phi) is 5.94. The Labute approximate surface area is 172 Å². The minimum Gasteiger partial charge on any atom is -0.507 e. The number of hydrogen-bond donors (Lipinski definition) is 3. The van der Waals surface area contributed by atoms with Crippen molar-refractivity contribution in [2.75, 3.05) is 0 Å². The number of pyridine rings is 1. The van der Waals surface area contributed by atoms with Gasteiger partial charge in [0.25, 0.3) is 11.5 Å². The number of carbonyl (C=O) groups is 1. The summed E-state index contributed by atoms with van der Waals surface area (Å²) in [4.78, 5) is 24.8. The number of phenolic OH excluding ortho intramolecular Hbond substituents is 1. The zero-order valence-corrected chi connectivity index (χ0v) is 16.0. The van der Waals surface area contributed by atoms with Crippen molar-refractivity contribution in [2.45, 2.75) is 13.5 Å². The van der Waals surface area contributed by atoms with Gasteiger partial charge in [0.2, 0.25) is 5.88 Å². The maximum atomic E-state index is 12.6. The molecule has 3 aromatic rings. The number of nitrogens with zero attached hydrogens (tertiary/aromatic N) is 3. The van der Waals surface area contributed by atoms with Crippen molar-refractivity contribution in [1.82, 2.24) is 9.99 Å². The van der Waals surface area contributed by atoms with Gasteiger partial charge in [-0.1, -0.05) is 42.5 Å². The Morgan fingerprint density at radius 2 is 1.83 bits per heavy atom. The summed E-state index contributed by atoms with van der Waals surface area (Å²) in [7, 11) is 0. The number of para-hydroxylation sites is 1. The number of nitriles is 1. The number of nitrogens with one attached hydrogen (secondary N) is 1. The maximum Gasteiger partial charge on any atom is 0.275 e. The number of hydrogen-bond acceptors (Lipinski definition) is 6. The molecule has 8 nitrogen and oxygen atoms in total. The molecule has 1 heterocycles.